The SMILES string of the molecule is CCC[CH2][Sn]([CH2]CCC)([CH2]CCC)[C]1=C[C@@H](C)C[C@@H]2OCCC[C@H]2O1. The molecular formula is C22H42O2Sn. The summed E-state index contributed by atoms with van der Waals surface area (Å²) < 4.78 is 19.0. The van der Waals surface area contributed by atoms with Gasteiger partial charge < -0.3 is 0 Å². The second kappa shape index (κ2) is 11.2. The van der Waals surface area contributed by atoms with Crippen molar-refractivity contribution in [3.05, 3.63) is 9.85 Å². The van der Waals surface area contributed by atoms with Crippen molar-refractivity contribution in [3.63, 3.8) is 0 Å². The van der Waals surface area contributed by atoms with Crippen LogP contribution < -0.4 is 0 Å². The van der Waals surface area contributed by atoms with E-state index in [1.807, 2.05) is 0 Å². The van der Waals surface area contributed by atoms with Crippen molar-refractivity contribution >= 4 is 18.4 Å². The van der Waals surface area contributed by atoms with Crippen LogP contribution in [0.1, 0.15) is 85.5 Å². The fraction of sp³-hybridized carbons (Fsp3) is 0.909. The molecule has 25 heavy (non-hydrogen) atoms. The van der Waals surface area contributed by atoms with E-state index in [0.717, 1.165) is 13.0 Å². The molecule has 2 rings (SSSR count). The molecular weight excluding hydrogens is 415 g/mol. The van der Waals surface area contributed by atoms with Crippen molar-refractivity contribution in [2.75, 3.05) is 6.61 Å². The van der Waals surface area contributed by atoms with Crippen LogP contribution in [0.25, 0.3) is 0 Å². The molecule has 1 fully saturated rings. The Bertz CT molecular complexity index is 385. The first kappa shape index (κ1) is 21.6. The van der Waals surface area contributed by atoms with Crippen molar-refractivity contribution in [1.82, 2.24) is 0 Å². The third kappa shape index (κ3) is 6.16. The molecule has 0 N–H and O–H groups in total. The summed E-state index contributed by atoms with van der Waals surface area (Å²) in [5.41, 5.74) is 0. The van der Waals surface area contributed by atoms with E-state index in [9.17, 15) is 0 Å². The number of unbranched alkanes of at least 4 members (excludes halogenated alkanes) is 3. The summed E-state index contributed by atoms with van der Waals surface area (Å²) in [6.45, 7) is 10.4. The zero-order valence-corrected chi connectivity index (χ0v) is 20.2. The molecule has 2 heterocycles. The van der Waals surface area contributed by atoms with Gasteiger partial charge in [-0.1, -0.05) is 0 Å². The quantitative estimate of drug-likeness (QED) is 0.334. The van der Waals surface area contributed by atoms with Crippen LogP contribution >= 0.6 is 0 Å². The summed E-state index contributed by atoms with van der Waals surface area (Å²) in [5, 5.41) is 0. The van der Waals surface area contributed by atoms with Gasteiger partial charge in [-0.05, 0) is 0 Å². The van der Waals surface area contributed by atoms with E-state index >= 15 is 0 Å². The third-order valence-corrected chi connectivity index (χ3v) is 21.3. The van der Waals surface area contributed by atoms with Crippen LogP contribution in [0.5, 0.6) is 0 Å². The average Bonchev–Trinajstić information content (AvgIpc) is 2.79. The molecule has 0 aliphatic carbocycles. The van der Waals surface area contributed by atoms with Crippen molar-refractivity contribution in [2.24, 2.45) is 5.92 Å². The molecule has 0 aromatic rings. The Labute approximate surface area is 161 Å². The summed E-state index contributed by atoms with van der Waals surface area (Å²) in [4.78, 5) is 0. The molecule has 2 aliphatic heterocycles. The van der Waals surface area contributed by atoms with Gasteiger partial charge in [0.2, 0.25) is 0 Å². The Morgan fingerprint density at radius 2 is 1.56 bits per heavy atom. The van der Waals surface area contributed by atoms with Gasteiger partial charge in [0, 0.05) is 0 Å². The van der Waals surface area contributed by atoms with Crippen LogP contribution in [0, 0.1) is 5.92 Å². The van der Waals surface area contributed by atoms with E-state index in [1.54, 1.807) is 3.78 Å². The summed E-state index contributed by atoms with van der Waals surface area (Å²) in [6, 6.07) is 0. The maximum atomic E-state index is 6.87. The van der Waals surface area contributed by atoms with Gasteiger partial charge in [-0.3, -0.25) is 0 Å². The molecule has 146 valence electrons. The molecule has 0 aromatic heterocycles. The van der Waals surface area contributed by atoms with Gasteiger partial charge in [0.25, 0.3) is 0 Å². The van der Waals surface area contributed by atoms with Gasteiger partial charge in [0.15, 0.2) is 0 Å². The zero-order chi connectivity index (χ0) is 18.1. The number of rotatable bonds is 10. The normalized spacial score (nSPS) is 27.2. The molecule has 2 aliphatic rings. The van der Waals surface area contributed by atoms with Gasteiger partial charge in [-0.25, -0.2) is 0 Å². The van der Waals surface area contributed by atoms with Crippen LogP contribution in [0.4, 0.5) is 0 Å². The van der Waals surface area contributed by atoms with E-state index in [0.29, 0.717) is 18.1 Å². The third-order valence-electron chi connectivity index (χ3n) is 6.25. The van der Waals surface area contributed by atoms with Crippen molar-refractivity contribution < 1.29 is 9.47 Å². The number of allylic oxidation sites excluding steroid dienone is 1. The van der Waals surface area contributed by atoms with E-state index in [-0.39, 0.29) is 0 Å². The van der Waals surface area contributed by atoms with E-state index < -0.39 is 18.4 Å². The number of hydrogen-bond donors (Lipinski definition) is 0. The monoisotopic (exact) mass is 458 g/mol. The van der Waals surface area contributed by atoms with Crippen LogP contribution in [-0.4, -0.2) is 37.2 Å². The van der Waals surface area contributed by atoms with Gasteiger partial charge >= 0.3 is 161 Å². The molecule has 0 amide bonds. The maximum absolute atomic E-state index is 6.87. The number of fused-ring (bicyclic) bond motifs is 1. The van der Waals surface area contributed by atoms with E-state index in [4.69, 9.17) is 9.47 Å². The Balaban J connectivity index is 2.27. The van der Waals surface area contributed by atoms with Gasteiger partial charge in [-0.15, -0.1) is 0 Å². The second-order valence-electron chi connectivity index (χ2n) is 8.54. The Morgan fingerprint density at radius 3 is 2.12 bits per heavy atom. The van der Waals surface area contributed by atoms with Crippen LogP contribution in [0.3, 0.4) is 0 Å². The molecule has 0 bridgehead atoms. The second-order valence-corrected chi connectivity index (χ2v) is 21.5. The number of ether oxygens (including phenoxy) is 2. The first-order valence-electron chi connectivity index (χ1n) is 11.2. The Hall–Kier alpha value is 0.299. The minimum absolute atomic E-state index is 0.338. The molecule has 2 nitrogen and oxygen atoms in total. The topological polar surface area (TPSA) is 18.5 Å². The fourth-order valence-corrected chi connectivity index (χ4v) is 20.7. The molecule has 0 saturated carbocycles. The van der Waals surface area contributed by atoms with Gasteiger partial charge in [-0.2, -0.15) is 0 Å². The predicted octanol–water partition coefficient (Wildman–Crippen LogP) is 6.86. The van der Waals surface area contributed by atoms with Crippen molar-refractivity contribution in [1.29, 1.82) is 0 Å². The van der Waals surface area contributed by atoms with Crippen molar-refractivity contribution in [3.8, 4) is 0 Å². The van der Waals surface area contributed by atoms with Crippen LogP contribution in [0.2, 0.25) is 13.3 Å². The number of hydrogen-bond acceptors (Lipinski definition) is 2. The van der Waals surface area contributed by atoms with Gasteiger partial charge in [0.05, 0.1) is 0 Å². The average molecular weight is 457 g/mol. The Morgan fingerprint density at radius 1 is 0.960 bits per heavy atom. The standard InChI is InChI=1S/C10H15O2.3C4H9.Sn/c1-8-4-6-12-9-3-2-5-11-10(9)7-8;3*1-3-4-2;/h4,8-10H,2-3,5,7H2,1H3;3*1,3-4H2,2H3;/t8-,9-,10+;;;;/m1..../s1. The summed E-state index contributed by atoms with van der Waals surface area (Å²) in [5.74, 6) is 0.615. The van der Waals surface area contributed by atoms with Crippen LogP contribution in [0.15, 0.2) is 9.85 Å². The fourth-order valence-electron chi connectivity index (χ4n) is 4.65. The zero-order valence-electron chi connectivity index (χ0n) is 17.3. The molecule has 0 unspecified atom stereocenters. The molecule has 0 spiro atoms. The predicted molar refractivity (Wildman–Crippen MR) is 111 cm³/mol. The van der Waals surface area contributed by atoms with Crippen molar-refractivity contribution in [2.45, 2.75) is 111 Å². The summed E-state index contributed by atoms with van der Waals surface area (Å²) in [6.07, 6.45) is 15.0. The first-order valence-corrected chi connectivity index (χ1v) is 18.6. The van der Waals surface area contributed by atoms with E-state index in [2.05, 4.69) is 33.8 Å². The molecule has 3 heteroatoms. The summed E-state index contributed by atoms with van der Waals surface area (Å²) >= 11 is -2.44. The molecule has 0 aromatic carbocycles. The molecule has 0 radical (unpaired) electrons. The first-order chi connectivity index (χ1) is 12.1. The molecule has 3 atom stereocenters. The van der Waals surface area contributed by atoms with Gasteiger partial charge in [0.1, 0.15) is 0 Å². The minimum atomic E-state index is -2.44. The van der Waals surface area contributed by atoms with Crippen LogP contribution in [-0.2, 0) is 9.47 Å². The Kier molecular flexibility index (Phi) is 9.69. The molecule has 1 saturated heterocycles. The summed E-state index contributed by atoms with van der Waals surface area (Å²) in [7, 11) is 0. The van der Waals surface area contributed by atoms with E-state index in [1.165, 1.54) is 64.7 Å².